The number of hydrogen-bond acceptors (Lipinski definition) is 1. The highest BCUT2D eigenvalue weighted by Crippen LogP contribution is 2.37. The molecular formula is C29H29N3O. The number of hydrogen-bond donors (Lipinski definition) is 1. The normalized spacial score (nSPS) is 15.0. The van der Waals surface area contributed by atoms with Crippen LogP contribution in [-0.2, 0) is 13.1 Å². The second kappa shape index (κ2) is 8.99. The zero-order valence-corrected chi connectivity index (χ0v) is 19.1. The van der Waals surface area contributed by atoms with Crippen LogP contribution in [0, 0.1) is 0 Å². The Morgan fingerprint density at radius 1 is 0.909 bits per heavy atom. The van der Waals surface area contributed by atoms with Crippen LogP contribution in [0.2, 0.25) is 0 Å². The maximum absolute atomic E-state index is 13.6. The van der Waals surface area contributed by atoms with Gasteiger partial charge < -0.3 is 14.8 Å². The highest BCUT2D eigenvalue weighted by molar-refractivity contribution is 5.76. The topological polar surface area (TPSA) is 37.3 Å². The molecule has 0 bridgehead atoms. The molecule has 0 unspecified atom stereocenters. The first kappa shape index (κ1) is 21.1. The van der Waals surface area contributed by atoms with E-state index in [-0.39, 0.29) is 12.1 Å². The molecule has 0 radical (unpaired) electrons. The lowest BCUT2D eigenvalue weighted by atomic mass is 9.97. The number of fused-ring (bicyclic) bond motifs is 3. The van der Waals surface area contributed by atoms with Crippen LogP contribution in [0.15, 0.2) is 97.2 Å². The molecule has 1 aliphatic heterocycles. The van der Waals surface area contributed by atoms with Gasteiger partial charge >= 0.3 is 6.03 Å². The molecule has 0 fully saturated rings. The number of nitrogens with one attached hydrogen (secondary N) is 1. The molecule has 0 saturated heterocycles. The fraction of sp³-hybridized carbons (Fsp3) is 0.207. The van der Waals surface area contributed by atoms with Gasteiger partial charge in [0.25, 0.3) is 0 Å². The number of benzene rings is 3. The van der Waals surface area contributed by atoms with Gasteiger partial charge in [0.15, 0.2) is 0 Å². The Kier molecular flexibility index (Phi) is 5.74. The molecule has 166 valence electrons. The van der Waals surface area contributed by atoms with Crippen molar-refractivity contribution in [3.63, 3.8) is 0 Å². The van der Waals surface area contributed by atoms with E-state index in [1.807, 2.05) is 41.3 Å². The Morgan fingerprint density at radius 2 is 1.64 bits per heavy atom. The van der Waals surface area contributed by atoms with Crippen molar-refractivity contribution < 1.29 is 4.79 Å². The van der Waals surface area contributed by atoms with Crippen LogP contribution in [0.5, 0.6) is 0 Å². The van der Waals surface area contributed by atoms with E-state index < -0.39 is 0 Å². The van der Waals surface area contributed by atoms with Crippen LogP contribution < -0.4 is 5.32 Å². The van der Waals surface area contributed by atoms with Gasteiger partial charge in [-0.2, -0.15) is 0 Å². The van der Waals surface area contributed by atoms with Crippen molar-refractivity contribution >= 4 is 6.03 Å². The minimum atomic E-state index is -0.190. The number of para-hydroxylation sites is 1. The molecule has 1 aromatic heterocycles. The van der Waals surface area contributed by atoms with Gasteiger partial charge in [0.1, 0.15) is 0 Å². The Labute approximate surface area is 195 Å². The lowest BCUT2D eigenvalue weighted by molar-refractivity contribution is 0.180. The van der Waals surface area contributed by atoms with Crippen molar-refractivity contribution in [3.05, 3.63) is 125 Å². The summed E-state index contributed by atoms with van der Waals surface area (Å²) in [4.78, 5) is 15.6. The first-order valence-electron chi connectivity index (χ1n) is 11.6. The molecule has 2 amide bonds. The van der Waals surface area contributed by atoms with E-state index in [1.54, 1.807) is 0 Å². The summed E-state index contributed by atoms with van der Waals surface area (Å²) in [5, 5.41) is 3.16. The maximum atomic E-state index is 13.6. The molecule has 1 N–H and O–H groups in total. The van der Waals surface area contributed by atoms with Gasteiger partial charge in [-0.25, -0.2) is 4.79 Å². The minimum Gasteiger partial charge on any atom is -0.334 e. The fourth-order valence-electron chi connectivity index (χ4n) is 4.63. The van der Waals surface area contributed by atoms with Gasteiger partial charge in [-0.05, 0) is 46.4 Å². The molecule has 0 saturated carbocycles. The van der Waals surface area contributed by atoms with E-state index in [0.717, 1.165) is 28.1 Å². The van der Waals surface area contributed by atoms with Gasteiger partial charge in [0, 0.05) is 18.4 Å². The molecule has 4 nitrogen and oxygen atoms in total. The maximum Gasteiger partial charge on any atom is 0.318 e. The Bertz CT molecular complexity index is 1240. The number of aromatic nitrogens is 1. The Balaban J connectivity index is 1.56. The van der Waals surface area contributed by atoms with Crippen LogP contribution in [0.1, 0.15) is 53.8 Å². The number of carbonyl (C=O) groups is 1. The number of carbonyl (C=O) groups excluding carboxylic acids is 1. The van der Waals surface area contributed by atoms with Gasteiger partial charge in [0.2, 0.25) is 0 Å². The van der Waals surface area contributed by atoms with Crippen molar-refractivity contribution in [1.82, 2.24) is 14.8 Å². The summed E-state index contributed by atoms with van der Waals surface area (Å²) < 4.78 is 2.22. The molecule has 33 heavy (non-hydrogen) atoms. The third kappa shape index (κ3) is 4.17. The van der Waals surface area contributed by atoms with Gasteiger partial charge in [0.05, 0.1) is 18.3 Å². The summed E-state index contributed by atoms with van der Waals surface area (Å²) in [5.41, 5.74) is 6.84. The number of nitrogens with zero attached hydrogens (tertiary/aromatic N) is 2. The molecule has 1 atom stereocenters. The van der Waals surface area contributed by atoms with E-state index in [0.29, 0.717) is 19.0 Å². The summed E-state index contributed by atoms with van der Waals surface area (Å²) in [6.07, 6.45) is 2.09. The van der Waals surface area contributed by atoms with Crippen LogP contribution >= 0.6 is 0 Å². The van der Waals surface area contributed by atoms with Gasteiger partial charge in [-0.3, -0.25) is 0 Å². The zero-order chi connectivity index (χ0) is 22.8. The van der Waals surface area contributed by atoms with Crippen LogP contribution in [0.4, 0.5) is 4.79 Å². The number of amides is 2. The minimum absolute atomic E-state index is 0.0683. The van der Waals surface area contributed by atoms with Crippen LogP contribution in [-0.4, -0.2) is 15.5 Å². The summed E-state index contributed by atoms with van der Waals surface area (Å²) >= 11 is 0. The molecule has 0 aliphatic carbocycles. The van der Waals surface area contributed by atoms with E-state index in [9.17, 15) is 4.79 Å². The first-order chi connectivity index (χ1) is 16.1. The predicted molar refractivity (Wildman–Crippen MR) is 132 cm³/mol. The Morgan fingerprint density at radius 3 is 2.39 bits per heavy atom. The van der Waals surface area contributed by atoms with Crippen molar-refractivity contribution in [2.75, 3.05) is 0 Å². The standard InChI is InChI=1S/C29H29N3O/c1-21(2)23-14-16-24(17-15-23)28-27-13-8-18-31(27)26-12-7-6-11-25(26)20-32(28)29(33)30-19-22-9-4-3-5-10-22/h3-18,21,28H,19-20H2,1-2H3,(H,30,33)/t28-/m1/s1. The summed E-state index contributed by atoms with van der Waals surface area (Å²) in [6.45, 7) is 5.43. The van der Waals surface area contributed by atoms with Crippen molar-refractivity contribution in [1.29, 1.82) is 0 Å². The zero-order valence-electron chi connectivity index (χ0n) is 19.1. The highest BCUT2D eigenvalue weighted by Gasteiger charge is 2.32. The molecule has 1 aliphatic rings. The molecular weight excluding hydrogens is 406 g/mol. The predicted octanol–water partition coefficient (Wildman–Crippen LogP) is 6.42. The summed E-state index contributed by atoms with van der Waals surface area (Å²) in [5.74, 6) is 0.464. The van der Waals surface area contributed by atoms with Gasteiger partial charge in [-0.15, -0.1) is 0 Å². The Hall–Kier alpha value is -3.79. The second-order valence-corrected chi connectivity index (χ2v) is 8.93. The number of urea groups is 1. The molecule has 0 spiro atoms. The molecule has 2 heterocycles. The lowest BCUT2D eigenvalue weighted by Gasteiger charge is -2.31. The fourth-order valence-corrected chi connectivity index (χ4v) is 4.63. The van der Waals surface area contributed by atoms with E-state index in [1.165, 1.54) is 5.56 Å². The average Bonchev–Trinajstić information content (AvgIpc) is 3.27. The first-order valence-corrected chi connectivity index (χ1v) is 11.6. The van der Waals surface area contributed by atoms with E-state index in [2.05, 4.69) is 84.5 Å². The largest absolute Gasteiger partial charge is 0.334 e. The molecule has 4 heteroatoms. The lowest BCUT2D eigenvalue weighted by Crippen LogP contribution is -2.41. The molecule has 4 aromatic rings. The van der Waals surface area contributed by atoms with Crippen LogP contribution in [0.3, 0.4) is 0 Å². The molecule has 3 aromatic carbocycles. The third-order valence-corrected chi connectivity index (χ3v) is 6.43. The third-order valence-electron chi connectivity index (χ3n) is 6.43. The second-order valence-electron chi connectivity index (χ2n) is 8.93. The summed E-state index contributed by atoms with van der Waals surface area (Å²) in [7, 11) is 0. The highest BCUT2D eigenvalue weighted by atomic mass is 16.2. The van der Waals surface area contributed by atoms with Crippen molar-refractivity contribution in [3.8, 4) is 5.69 Å². The quantitative estimate of drug-likeness (QED) is 0.395. The number of rotatable bonds is 4. The van der Waals surface area contributed by atoms with Crippen molar-refractivity contribution in [2.24, 2.45) is 0 Å². The SMILES string of the molecule is CC(C)c1ccc([C@@H]2c3cccn3-c3ccccc3CN2C(=O)NCc2ccccc2)cc1. The average molecular weight is 436 g/mol. The van der Waals surface area contributed by atoms with Gasteiger partial charge in [-0.1, -0.05) is 86.6 Å². The summed E-state index contributed by atoms with van der Waals surface area (Å²) in [6, 6.07) is 31.0. The van der Waals surface area contributed by atoms with Crippen molar-refractivity contribution in [2.45, 2.75) is 38.9 Å². The smallest absolute Gasteiger partial charge is 0.318 e. The van der Waals surface area contributed by atoms with E-state index >= 15 is 0 Å². The van der Waals surface area contributed by atoms with Crippen LogP contribution in [0.25, 0.3) is 5.69 Å². The molecule has 5 rings (SSSR count). The monoisotopic (exact) mass is 435 g/mol. The van der Waals surface area contributed by atoms with E-state index in [4.69, 9.17) is 0 Å².